The van der Waals surface area contributed by atoms with Crippen molar-refractivity contribution < 1.29 is 9.52 Å². The van der Waals surface area contributed by atoms with Crippen molar-refractivity contribution >= 4 is 16.7 Å². The highest BCUT2D eigenvalue weighted by Gasteiger charge is 2.32. The summed E-state index contributed by atoms with van der Waals surface area (Å²) in [5, 5.41) is 13.0. The predicted molar refractivity (Wildman–Crippen MR) is 94.8 cm³/mol. The molecule has 0 spiro atoms. The molecule has 0 aliphatic heterocycles. The molecule has 0 fully saturated rings. The molecule has 0 amide bonds. The van der Waals surface area contributed by atoms with Gasteiger partial charge in [0.25, 0.3) is 5.69 Å². The van der Waals surface area contributed by atoms with E-state index in [1.165, 1.54) is 6.20 Å². The van der Waals surface area contributed by atoms with Gasteiger partial charge in [0.1, 0.15) is 0 Å². The standard InChI is InChI=1S/C20H22N2O2/c1-20(2,3)16(12-19(23)18-10-6-7-11-22(18)24)15-13-21-17-9-5-4-8-14(15)17/h4-11,13,16,21H,12H2,1-3H3/t16-/m1/s1. The molecule has 2 heterocycles. The number of Topliss-reactive ketones (excluding diaryl/α,β-unsaturated/α-hetero) is 1. The number of rotatable bonds is 4. The Morgan fingerprint density at radius 3 is 2.58 bits per heavy atom. The van der Waals surface area contributed by atoms with E-state index in [9.17, 15) is 10.0 Å². The second-order valence-corrected chi connectivity index (χ2v) is 7.25. The Labute approximate surface area is 141 Å². The number of pyridine rings is 1. The van der Waals surface area contributed by atoms with Crippen molar-refractivity contribution in [1.82, 2.24) is 4.98 Å². The van der Waals surface area contributed by atoms with Gasteiger partial charge in [0.15, 0.2) is 6.20 Å². The van der Waals surface area contributed by atoms with Crippen LogP contribution in [-0.4, -0.2) is 10.8 Å². The van der Waals surface area contributed by atoms with Crippen LogP contribution >= 0.6 is 0 Å². The number of benzene rings is 1. The number of aromatic amines is 1. The zero-order chi connectivity index (χ0) is 17.3. The number of aromatic nitrogens is 2. The minimum Gasteiger partial charge on any atom is -0.618 e. The van der Waals surface area contributed by atoms with Gasteiger partial charge in [-0.05, 0) is 29.0 Å². The molecule has 0 aliphatic rings. The lowest BCUT2D eigenvalue weighted by Crippen LogP contribution is -2.35. The molecule has 0 radical (unpaired) electrons. The average Bonchev–Trinajstić information content (AvgIpc) is 2.95. The number of hydrogen-bond acceptors (Lipinski definition) is 2. The molecule has 0 saturated heterocycles. The zero-order valence-electron chi connectivity index (χ0n) is 14.2. The number of H-pyrrole nitrogens is 1. The number of carbonyl (C=O) groups is 1. The number of ketones is 1. The van der Waals surface area contributed by atoms with Crippen LogP contribution in [0.2, 0.25) is 0 Å². The third kappa shape index (κ3) is 3.04. The van der Waals surface area contributed by atoms with E-state index in [-0.39, 0.29) is 22.8 Å². The topological polar surface area (TPSA) is 59.8 Å². The van der Waals surface area contributed by atoms with Gasteiger partial charge in [-0.3, -0.25) is 4.79 Å². The summed E-state index contributed by atoms with van der Waals surface area (Å²) >= 11 is 0. The Morgan fingerprint density at radius 2 is 1.88 bits per heavy atom. The first-order chi connectivity index (χ1) is 11.4. The monoisotopic (exact) mass is 322 g/mol. The van der Waals surface area contributed by atoms with Crippen LogP contribution in [-0.2, 0) is 0 Å². The number of nitrogens with one attached hydrogen (secondary N) is 1. The van der Waals surface area contributed by atoms with E-state index in [1.54, 1.807) is 18.2 Å². The van der Waals surface area contributed by atoms with Crippen molar-refractivity contribution in [2.45, 2.75) is 33.1 Å². The minimum atomic E-state index is -0.129. The van der Waals surface area contributed by atoms with Crippen molar-refractivity contribution in [3.63, 3.8) is 0 Å². The van der Waals surface area contributed by atoms with Gasteiger partial charge in [0.2, 0.25) is 5.78 Å². The number of carbonyl (C=O) groups excluding carboxylic acids is 1. The molecule has 0 saturated carbocycles. The van der Waals surface area contributed by atoms with Crippen molar-refractivity contribution in [2.75, 3.05) is 0 Å². The lowest BCUT2D eigenvalue weighted by molar-refractivity contribution is -0.607. The van der Waals surface area contributed by atoms with E-state index in [0.717, 1.165) is 16.5 Å². The fourth-order valence-electron chi connectivity index (χ4n) is 3.20. The summed E-state index contributed by atoms with van der Waals surface area (Å²) in [5.41, 5.74) is 2.28. The van der Waals surface area contributed by atoms with Gasteiger partial charge < -0.3 is 10.2 Å². The number of fused-ring (bicyclic) bond motifs is 1. The van der Waals surface area contributed by atoms with Crippen molar-refractivity contribution in [3.8, 4) is 0 Å². The van der Waals surface area contributed by atoms with Crippen LogP contribution in [0.15, 0.2) is 54.9 Å². The Kier molecular flexibility index (Phi) is 4.14. The first-order valence-electron chi connectivity index (χ1n) is 8.15. The van der Waals surface area contributed by atoms with E-state index in [2.05, 4.69) is 31.8 Å². The summed E-state index contributed by atoms with van der Waals surface area (Å²) in [7, 11) is 0. The molecule has 24 heavy (non-hydrogen) atoms. The first kappa shape index (κ1) is 16.2. The van der Waals surface area contributed by atoms with Crippen LogP contribution in [0.4, 0.5) is 0 Å². The van der Waals surface area contributed by atoms with Gasteiger partial charge in [-0.2, -0.15) is 4.73 Å². The molecule has 3 rings (SSSR count). The highest BCUT2D eigenvalue weighted by molar-refractivity contribution is 5.94. The minimum absolute atomic E-state index is 0.0151. The number of hydrogen-bond donors (Lipinski definition) is 1. The molecule has 4 heteroatoms. The maximum absolute atomic E-state index is 12.7. The van der Waals surface area contributed by atoms with Crippen LogP contribution in [0, 0.1) is 10.6 Å². The molecule has 1 atom stereocenters. The van der Waals surface area contributed by atoms with E-state index in [1.807, 2.05) is 24.4 Å². The lowest BCUT2D eigenvalue weighted by atomic mass is 9.73. The summed E-state index contributed by atoms with van der Waals surface area (Å²) in [6.45, 7) is 6.38. The van der Waals surface area contributed by atoms with Gasteiger partial charge in [-0.15, -0.1) is 0 Å². The van der Waals surface area contributed by atoms with Gasteiger partial charge in [-0.25, -0.2) is 0 Å². The average molecular weight is 322 g/mol. The summed E-state index contributed by atoms with van der Waals surface area (Å²) < 4.78 is 0.650. The zero-order valence-corrected chi connectivity index (χ0v) is 14.2. The largest absolute Gasteiger partial charge is 0.618 e. The fourth-order valence-corrected chi connectivity index (χ4v) is 3.20. The summed E-state index contributed by atoms with van der Waals surface area (Å²) in [4.78, 5) is 16.0. The summed E-state index contributed by atoms with van der Waals surface area (Å²) in [6.07, 6.45) is 3.66. The fraction of sp³-hybridized carbons (Fsp3) is 0.300. The Morgan fingerprint density at radius 1 is 1.17 bits per heavy atom. The third-order valence-corrected chi connectivity index (χ3v) is 4.54. The van der Waals surface area contributed by atoms with Crippen LogP contribution in [0.3, 0.4) is 0 Å². The van der Waals surface area contributed by atoms with Crippen molar-refractivity contribution in [1.29, 1.82) is 0 Å². The molecule has 3 aromatic rings. The van der Waals surface area contributed by atoms with Crippen LogP contribution in [0.1, 0.15) is 49.2 Å². The molecule has 0 bridgehead atoms. The van der Waals surface area contributed by atoms with Crippen molar-refractivity contribution in [3.05, 3.63) is 71.3 Å². The lowest BCUT2D eigenvalue weighted by Gasteiger charge is -2.30. The Hall–Kier alpha value is -2.62. The van der Waals surface area contributed by atoms with E-state index < -0.39 is 0 Å². The molecular formula is C20H22N2O2. The van der Waals surface area contributed by atoms with E-state index in [0.29, 0.717) is 11.2 Å². The SMILES string of the molecule is CC(C)(C)[C@H](CC(=O)c1cccc[n+]1[O-])c1c[nH]c2ccccc12. The maximum atomic E-state index is 12.7. The highest BCUT2D eigenvalue weighted by atomic mass is 16.5. The Balaban J connectivity index is 1.99. The molecule has 2 aromatic heterocycles. The van der Waals surface area contributed by atoms with Crippen molar-refractivity contribution in [2.24, 2.45) is 5.41 Å². The molecule has 4 nitrogen and oxygen atoms in total. The summed E-state index contributed by atoms with van der Waals surface area (Å²) in [5.74, 6) is -0.114. The number of nitrogens with zero attached hydrogens (tertiary/aromatic N) is 1. The maximum Gasteiger partial charge on any atom is 0.259 e. The van der Waals surface area contributed by atoms with E-state index >= 15 is 0 Å². The van der Waals surface area contributed by atoms with Crippen LogP contribution in [0.25, 0.3) is 10.9 Å². The summed E-state index contributed by atoms with van der Waals surface area (Å²) in [6, 6.07) is 13.0. The second-order valence-electron chi connectivity index (χ2n) is 7.25. The molecule has 1 aromatic carbocycles. The van der Waals surface area contributed by atoms with E-state index in [4.69, 9.17) is 0 Å². The molecule has 124 valence electrons. The normalized spacial score (nSPS) is 13.1. The van der Waals surface area contributed by atoms with Gasteiger partial charge in [0.05, 0.1) is 0 Å². The van der Waals surface area contributed by atoms with Crippen LogP contribution in [0.5, 0.6) is 0 Å². The van der Waals surface area contributed by atoms with Gasteiger partial charge >= 0.3 is 0 Å². The van der Waals surface area contributed by atoms with Crippen LogP contribution < -0.4 is 4.73 Å². The smallest absolute Gasteiger partial charge is 0.259 e. The Bertz CT molecular complexity index is 874. The highest BCUT2D eigenvalue weighted by Crippen LogP contribution is 2.41. The molecular weight excluding hydrogens is 300 g/mol. The third-order valence-electron chi connectivity index (χ3n) is 4.54. The predicted octanol–water partition coefficient (Wildman–Crippen LogP) is 4.20. The molecule has 0 unspecified atom stereocenters. The quantitative estimate of drug-likeness (QED) is 0.444. The first-order valence-corrected chi connectivity index (χ1v) is 8.15. The number of para-hydroxylation sites is 1. The molecule has 0 aliphatic carbocycles. The second kappa shape index (κ2) is 6.11. The van der Waals surface area contributed by atoms with Gasteiger partial charge in [0, 0.05) is 35.7 Å². The van der Waals surface area contributed by atoms with Gasteiger partial charge in [-0.1, -0.05) is 39.0 Å². The molecule has 1 N–H and O–H groups in total.